The van der Waals surface area contributed by atoms with Crippen LogP contribution in [-0.4, -0.2) is 17.6 Å². The van der Waals surface area contributed by atoms with E-state index in [4.69, 9.17) is 5.11 Å². The van der Waals surface area contributed by atoms with E-state index in [-0.39, 0.29) is 0 Å². The zero-order valence-electron chi connectivity index (χ0n) is 12.0. The summed E-state index contributed by atoms with van der Waals surface area (Å²) in [6, 6.07) is 7.86. The Kier molecular flexibility index (Phi) is 5.36. The van der Waals surface area contributed by atoms with Crippen LogP contribution in [0.25, 0.3) is 0 Å². The van der Waals surface area contributed by atoms with Crippen LogP contribution in [0.5, 0.6) is 0 Å². The summed E-state index contributed by atoms with van der Waals surface area (Å²) in [5.41, 5.74) is 2.07. The highest BCUT2D eigenvalue weighted by atomic mass is 16.4. The molecule has 2 unspecified atom stereocenters. The van der Waals surface area contributed by atoms with Crippen molar-refractivity contribution in [1.29, 1.82) is 0 Å². The van der Waals surface area contributed by atoms with Crippen LogP contribution >= 0.6 is 0 Å². The van der Waals surface area contributed by atoms with Gasteiger partial charge in [0.2, 0.25) is 0 Å². The first kappa shape index (κ1) is 14.8. The van der Waals surface area contributed by atoms with E-state index in [9.17, 15) is 4.79 Å². The molecule has 0 radical (unpaired) electrons. The molecule has 0 aromatic heterocycles. The second kappa shape index (κ2) is 7.25. The van der Waals surface area contributed by atoms with Gasteiger partial charge in [-0.15, -0.1) is 0 Å². The summed E-state index contributed by atoms with van der Waals surface area (Å²) < 4.78 is 0. The lowest BCUT2D eigenvalue weighted by atomic mass is 9.94. The van der Waals surface area contributed by atoms with Gasteiger partial charge in [0, 0.05) is 6.54 Å². The monoisotopic (exact) mass is 273 g/mol. The lowest BCUT2D eigenvalue weighted by Crippen LogP contribution is -2.23. The molecule has 0 saturated carbocycles. The van der Waals surface area contributed by atoms with Gasteiger partial charge in [-0.05, 0) is 49.8 Å². The third kappa shape index (κ3) is 4.20. The van der Waals surface area contributed by atoms with Gasteiger partial charge in [0.1, 0.15) is 0 Å². The number of rotatable bonds is 6. The topological polar surface area (TPSA) is 49.3 Å². The molecule has 2 atom stereocenters. The molecule has 108 valence electrons. The van der Waals surface area contributed by atoms with Crippen molar-refractivity contribution in [2.75, 3.05) is 6.54 Å². The maximum absolute atomic E-state index is 10.9. The summed E-state index contributed by atoms with van der Waals surface area (Å²) >= 11 is 0. The van der Waals surface area contributed by atoms with Crippen molar-refractivity contribution in [3.05, 3.63) is 47.5 Å². The number of carbonyl (C=O) groups is 1. The molecule has 3 nitrogen and oxygen atoms in total. The number of allylic oxidation sites excluding steroid dienone is 2. The van der Waals surface area contributed by atoms with E-state index in [0.717, 1.165) is 24.6 Å². The molecule has 1 aliphatic carbocycles. The largest absolute Gasteiger partial charge is 0.481 e. The summed E-state index contributed by atoms with van der Waals surface area (Å²) in [5, 5.41) is 12.5. The Hall–Kier alpha value is -1.61. The molecule has 0 fully saturated rings. The fourth-order valence-electron chi connectivity index (χ4n) is 2.53. The van der Waals surface area contributed by atoms with Crippen molar-refractivity contribution in [2.24, 2.45) is 5.92 Å². The van der Waals surface area contributed by atoms with Crippen molar-refractivity contribution in [2.45, 2.75) is 38.6 Å². The standard InChI is InChI=1S/C17H23NO2/c1-13(17(19)20)16-9-7-15(8-10-16)12-18-11-14-5-3-2-4-6-14/h2-3,7-10,13-14,18H,4-6,11-12H2,1H3,(H,19,20). The number of aliphatic carboxylic acids is 1. The number of carboxylic acids is 1. The van der Waals surface area contributed by atoms with Crippen molar-refractivity contribution >= 4 is 5.97 Å². The minimum atomic E-state index is -0.777. The minimum absolute atomic E-state index is 0.439. The first-order valence-corrected chi connectivity index (χ1v) is 7.34. The third-order valence-electron chi connectivity index (χ3n) is 3.99. The van der Waals surface area contributed by atoms with Crippen LogP contribution in [0.3, 0.4) is 0 Å². The van der Waals surface area contributed by atoms with Crippen LogP contribution in [0.4, 0.5) is 0 Å². The zero-order valence-corrected chi connectivity index (χ0v) is 12.0. The molecular weight excluding hydrogens is 250 g/mol. The van der Waals surface area contributed by atoms with Gasteiger partial charge in [0.05, 0.1) is 5.92 Å². The second-order valence-corrected chi connectivity index (χ2v) is 5.58. The van der Waals surface area contributed by atoms with Crippen LogP contribution in [-0.2, 0) is 11.3 Å². The Labute approximate surface area is 120 Å². The van der Waals surface area contributed by atoms with E-state index in [0.29, 0.717) is 0 Å². The van der Waals surface area contributed by atoms with Crippen molar-refractivity contribution < 1.29 is 9.90 Å². The average Bonchev–Trinajstić information content (AvgIpc) is 2.48. The van der Waals surface area contributed by atoms with Crippen LogP contribution in [0, 0.1) is 5.92 Å². The molecule has 1 aromatic rings. The van der Waals surface area contributed by atoms with Gasteiger partial charge >= 0.3 is 5.97 Å². The molecule has 2 N–H and O–H groups in total. The van der Waals surface area contributed by atoms with Gasteiger partial charge < -0.3 is 10.4 Å². The highest BCUT2D eigenvalue weighted by Gasteiger charge is 2.13. The molecule has 0 bridgehead atoms. The lowest BCUT2D eigenvalue weighted by molar-refractivity contribution is -0.138. The molecule has 0 saturated heterocycles. The van der Waals surface area contributed by atoms with E-state index in [1.165, 1.54) is 24.8 Å². The predicted octanol–water partition coefficient (Wildman–Crippen LogP) is 3.32. The van der Waals surface area contributed by atoms with Gasteiger partial charge in [-0.1, -0.05) is 36.4 Å². The average molecular weight is 273 g/mol. The summed E-state index contributed by atoms with van der Waals surface area (Å²) in [6.45, 7) is 3.62. The van der Waals surface area contributed by atoms with Crippen LogP contribution in [0.2, 0.25) is 0 Å². The molecule has 2 rings (SSSR count). The van der Waals surface area contributed by atoms with Gasteiger partial charge in [0.25, 0.3) is 0 Å². The molecule has 3 heteroatoms. The van der Waals surface area contributed by atoms with Gasteiger partial charge in [-0.2, -0.15) is 0 Å². The first-order valence-electron chi connectivity index (χ1n) is 7.34. The fourth-order valence-corrected chi connectivity index (χ4v) is 2.53. The quantitative estimate of drug-likeness (QED) is 0.782. The van der Waals surface area contributed by atoms with E-state index in [2.05, 4.69) is 17.5 Å². The maximum Gasteiger partial charge on any atom is 0.310 e. The number of benzene rings is 1. The highest BCUT2D eigenvalue weighted by Crippen LogP contribution is 2.18. The van der Waals surface area contributed by atoms with Crippen molar-refractivity contribution in [3.63, 3.8) is 0 Å². The number of carboxylic acid groups (broad SMARTS) is 1. The summed E-state index contributed by atoms with van der Waals surface area (Å²) in [6.07, 6.45) is 8.20. The Morgan fingerprint density at radius 1 is 1.35 bits per heavy atom. The van der Waals surface area contributed by atoms with Crippen molar-refractivity contribution in [3.8, 4) is 0 Å². The Bertz CT molecular complexity index is 464. The van der Waals surface area contributed by atoms with E-state index in [1.807, 2.05) is 24.3 Å². The van der Waals surface area contributed by atoms with Gasteiger partial charge in [-0.25, -0.2) is 0 Å². The summed E-state index contributed by atoms with van der Waals surface area (Å²) in [7, 11) is 0. The molecule has 20 heavy (non-hydrogen) atoms. The SMILES string of the molecule is CC(C(=O)O)c1ccc(CNCC2CC=CCC2)cc1. The Morgan fingerprint density at radius 3 is 2.70 bits per heavy atom. The Morgan fingerprint density at radius 2 is 2.10 bits per heavy atom. The molecule has 1 aliphatic rings. The van der Waals surface area contributed by atoms with Crippen LogP contribution < -0.4 is 5.32 Å². The minimum Gasteiger partial charge on any atom is -0.481 e. The first-order chi connectivity index (χ1) is 9.66. The summed E-state index contributed by atoms with van der Waals surface area (Å²) in [5.74, 6) is -0.460. The van der Waals surface area contributed by atoms with E-state index >= 15 is 0 Å². The highest BCUT2D eigenvalue weighted by molar-refractivity contribution is 5.75. The smallest absolute Gasteiger partial charge is 0.310 e. The van der Waals surface area contributed by atoms with Crippen molar-refractivity contribution in [1.82, 2.24) is 5.32 Å². The van der Waals surface area contributed by atoms with Gasteiger partial charge in [0.15, 0.2) is 0 Å². The number of hydrogen-bond acceptors (Lipinski definition) is 2. The fraction of sp³-hybridized carbons (Fsp3) is 0.471. The van der Waals surface area contributed by atoms with E-state index < -0.39 is 11.9 Å². The van der Waals surface area contributed by atoms with Gasteiger partial charge in [-0.3, -0.25) is 4.79 Å². The third-order valence-corrected chi connectivity index (χ3v) is 3.99. The summed E-state index contributed by atoms with van der Waals surface area (Å²) in [4.78, 5) is 10.9. The molecule has 0 heterocycles. The zero-order chi connectivity index (χ0) is 14.4. The number of hydrogen-bond donors (Lipinski definition) is 2. The number of nitrogens with one attached hydrogen (secondary N) is 1. The van der Waals surface area contributed by atoms with E-state index in [1.54, 1.807) is 6.92 Å². The Balaban J connectivity index is 1.78. The molecular formula is C17H23NO2. The maximum atomic E-state index is 10.9. The van der Waals surface area contributed by atoms with Crippen LogP contribution in [0.15, 0.2) is 36.4 Å². The normalized spacial score (nSPS) is 19.8. The second-order valence-electron chi connectivity index (χ2n) is 5.58. The molecule has 0 amide bonds. The molecule has 1 aromatic carbocycles. The predicted molar refractivity (Wildman–Crippen MR) is 80.7 cm³/mol. The molecule has 0 spiro atoms. The molecule has 0 aliphatic heterocycles. The lowest BCUT2D eigenvalue weighted by Gasteiger charge is -2.18. The van der Waals surface area contributed by atoms with Crippen LogP contribution in [0.1, 0.15) is 43.2 Å².